The van der Waals surface area contributed by atoms with Gasteiger partial charge in [0, 0.05) is 24.3 Å². The van der Waals surface area contributed by atoms with Crippen molar-refractivity contribution < 1.29 is 9.59 Å². The summed E-state index contributed by atoms with van der Waals surface area (Å²) in [5.41, 5.74) is 1.28. The number of hydrogen-bond acceptors (Lipinski definition) is 5. The lowest BCUT2D eigenvalue weighted by Crippen LogP contribution is -2.41. The summed E-state index contributed by atoms with van der Waals surface area (Å²) in [6, 6.07) is 7.25. The first-order chi connectivity index (χ1) is 13.0. The molecule has 1 fully saturated rings. The lowest BCUT2D eigenvalue weighted by Gasteiger charge is -2.29. The van der Waals surface area contributed by atoms with Crippen LogP contribution in [0.25, 0.3) is 0 Å². The summed E-state index contributed by atoms with van der Waals surface area (Å²) in [6.45, 7) is 2.20. The van der Waals surface area contributed by atoms with Gasteiger partial charge >= 0.3 is 0 Å². The van der Waals surface area contributed by atoms with Crippen molar-refractivity contribution in [1.29, 1.82) is 0 Å². The number of anilines is 1. The number of thioether (sulfide) groups is 1. The lowest BCUT2D eigenvalue weighted by molar-refractivity contribution is -0.113. The number of carbonyl (C=O) groups is 2. The standard InChI is InChI=1S/C19H25N5O2S/c1-13-5-3-4-6-16(13)22-18(26)14-7-9-15(10-8-14)21-17(25)11-27-19-23-20-12-24(19)2/h7-10,12-13,16H,3-6,11H2,1-2H3,(H,21,25)(H,22,26). The van der Waals surface area contributed by atoms with E-state index in [1.54, 1.807) is 35.2 Å². The molecule has 1 heterocycles. The molecule has 2 amide bonds. The molecule has 2 N–H and O–H groups in total. The van der Waals surface area contributed by atoms with E-state index in [1.165, 1.54) is 31.0 Å². The van der Waals surface area contributed by atoms with Crippen molar-refractivity contribution in [1.82, 2.24) is 20.1 Å². The second kappa shape index (κ2) is 9.03. The van der Waals surface area contributed by atoms with Crippen LogP contribution in [0.2, 0.25) is 0 Å². The van der Waals surface area contributed by atoms with E-state index in [2.05, 4.69) is 27.8 Å². The minimum absolute atomic E-state index is 0.0514. The molecule has 0 radical (unpaired) electrons. The minimum Gasteiger partial charge on any atom is -0.349 e. The molecule has 1 aliphatic rings. The van der Waals surface area contributed by atoms with E-state index in [1.807, 2.05) is 7.05 Å². The van der Waals surface area contributed by atoms with Crippen molar-refractivity contribution >= 4 is 29.3 Å². The fourth-order valence-corrected chi connectivity index (χ4v) is 3.91. The molecular formula is C19H25N5O2S. The molecule has 1 aliphatic carbocycles. The Morgan fingerprint density at radius 1 is 1.22 bits per heavy atom. The maximum Gasteiger partial charge on any atom is 0.251 e. The van der Waals surface area contributed by atoms with E-state index >= 15 is 0 Å². The van der Waals surface area contributed by atoms with Crippen molar-refractivity contribution in [2.24, 2.45) is 13.0 Å². The second-order valence-corrected chi connectivity index (χ2v) is 7.92. The number of hydrogen-bond donors (Lipinski definition) is 2. The molecule has 0 aliphatic heterocycles. The van der Waals surface area contributed by atoms with Crippen molar-refractivity contribution in [2.45, 2.75) is 43.8 Å². The quantitative estimate of drug-likeness (QED) is 0.744. The average Bonchev–Trinajstić information content (AvgIpc) is 3.07. The molecular weight excluding hydrogens is 362 g/mol. The second-order valence-electron chi connectivity index (χ2n) is 6.98. The van der Waals surface area contributed by atoms with Gasteiger partial charge in [-0.3, -0.25) is 9.59 Å². The van der Waals surface area contributed by atoms with Crippen LogP contribution < -0.4 is 10.6 Å². The molecule has 3 rings (SSSR count). The van der Waals surface area contributed by atoms with E-state index in [4.69, 9.17) is 0 Å². The number of aryl methyl sites for hydroxylation is 1. The maximum absolute atomic E-state index is 12.4. The first kappa shape index (κ1) is 19.4. The normalized spacial score (nSPS) is 19.5. The van der Waals surface area contributed by atoms with Gasteiger partial charge in [0.25, 0.3) is 5.91 Å². The van der Waals surface area contributed by atoms with Crippen LogP contribution in [0.5, 0.6) is 0 Å². The predicted octanol–water partition coefficient (Wildman–Crippen LogP) is 2.85. The van der Waals surface area contributed by atoms with E-state index in [0.717, 1.165) is 6.42 Å². The van der Waals surface area contributed by atoms with Gasteiger partial charge in [0.05, 0.1) is 5.75 Å². The molecule has 0 saturated heterocycles. The van der Waals surface area contributed by atoms with Crippen LogP contribution in [0.15, 0.2) is 35.7 Å². The Hall–Kier alpha value is -2.35. The van der Waals surface area contributed by atoms with Crippen molar-refractivity contribution in [3.05, 3.63) is 36.2 Å². The third-order valence-electron chi connectivity index (χ3n) is 4.86. The molecule has 8 heteroatoms. The van der Waals surface area contributed by atoms with Crippen LogP contribution in [0.4, 0.5) is 5.69 Å². The van der Waals surface area contributed by atoms with E-state index in [9.17, 15) is 9.59 Å². The molecule has 0 spiro atoms. The number of rotatable bonds is 6. The number of nitrogens with one attached hydrogen (secondary N) is 2. The fraction of sp³-hybridized carbons (Fsp3) is 0.474. The third-order valence-corrected chi connectivity index (χ3v) is 5.90. The summed E-state index contributed by atoms with van der Waals surface area (Å²) in [7, 11) is 1.83. The summed E-state index contributed by atoms with van der Waals surface area (Å²) >= 11 is 1.32. The Kier molecular flexibility index (Phi) is 6.49. The summed E-state index contributed by atoms with van der Waals surface area (Å²) in [4.78, 5) is 24.5. The van der Waals surface area contributed by atoms with Crippen LogP contribution in [0.3, 0.4) is 0 Å². The molecule has 2 atom stereocenters. The van der Waals surface area contributed by atoms with Gasteiger partial charge in [-0.05, 0) is 43.0 Å². The van der Waals surface area contributed by atoms with Gasteiger partial charge in [0.15, 0.2) is 5.16 Å². The van der Waals surface area contributed by atoms with Crippen molar-refractivity contribution in [2.75, 3.05) is 11.1 Å². The number of amides is 2. The smallest absolute Gasteiger partial charge is 0.251 e. The number of nitrogens with zero attached hydrogens (tertiary/aromatic N) is 3. The molecule has 1 aromatic heterocycles. The molecule has 7 nitrogen and oxygen atoms in total. The molecule has 144 valence electrons. The Balaban J connectivity index is 1.49. The molecule has 1 aromatic carbocycles. The Labute approximate surface area is 163 Å². The van der Waals surface area contributed by atoms with Gasteiger partial charge in [-0.1, -0.05) is 31.5 Å². The Morgan fingerprint density at radius 2 is 1.96 bits per heavy atom. The SMILES string of the molecule is CC1CCCCC1NC(=O)c1ccc(NC(=O)CSc2nncn2C)cc1. The summed E-state index contributed by atoms with van der Waals surface area (Å²) in [5, 5.41) is 14.4. The first-order valence-corrected chi connectivity index (χ1v) is 10.2. The average molecular weight is 388 g/mol. The third kappa shape index (κ3) is 5.32. The van der Waals surface area contributed by atoms with Gasteiger partial charge in [-0.15, -0.1) is 10.2 Å². The molecule has 1 saturated carbocycles. The van der Waals surface area contributed by atoms with Crippen molar-refractivity contribution in [3.63, 3.8) is 0 Å². The largest absolute Gasteiger partial charge is 0.349 e. The van der Waals surface area contributed by atoms with Gasteiger partial charge < -0.3 is 15.2 Å². The summed E-state index contributed by atoms with van der Waals surface area (Å²) < 4.78 is 1.76. The Bertz CT molecular complexity index is 790. The number of aromatic nitrogens is 3. The zero-order valence-electron chi connectivity index (χ0n) is 15.6. The van der Waals surface area contributed by atoms with Crippen LogP contribution in [-0.2, 0) is 11.8 Å². The van der Waals surface area contributed by atoms with E-state index < -0.39 is 0 Å². The topological polar surface area (TPSA) is 88.9 Å². The summed E-state index contributed by atoms with van der Waals surface area (Å²) in [6.07, 6.45) is 6.23. The van der Waals surface area contributed by atoms with E-state index in [0.29, 0.717) is 22.3 Å². The monoisotopic (exact) mass is 387 g/mol. The fourth-order valence-electron chi connectivity index (χ4n) is 3.22. The minimum atomic E-state index is -0.128. The number of carbonyl (C=O) groups excluding carboxylic acids is 2. The zero-order valence-corrected chi connectivity index (χ0v) is 16.5. The summed E-state index contributed by atoms with van der Waals surface area (Å²) in [5.74, 6) is 0.585. The van der Waals surface area contributed by atoms with Gasteiger partial charge in [-0.25, -0.2) is 0 Å². The molecule has 2 aromatic rings. The van der Waals surface area contributed by atoms with Crippen LogP contribution >= 0.6 is 11.8 Å². The zero-order chi connectivity index (χ0) is 19.2. The highest BCUT2D eigenvalue weighted by Crippen LogP contribution is 2.24. The maximum atomic E-state index is 12.4. The highest BCUT2D eigenvalue weighted by atomic mass is 32.2. The van der Waals surface area contributed by atoms with Gasteiger partial charge in [0.1, 0.15) is 6.33 Å². The van der Waals surface area contributed by atoms with Gasteiger partial charge in [-0.2, -0.15) is 0 Å². The van der Waals surface area contributed by atoms with Gasteiger partial charge in [0.2, 0.25) is 5.91 Å². The highest BCUT2D eigenvalue weighted by Gasteiger charge is 2.23. The van der Waals surface area contributed by atoms with E-state index in [-0.39, 0.29) is 23.6 Å². The predicted molar refractivity (Wildman–Crippen MR) is 106 cm³/mol. The molecule has 2 unspecified atom stereocenters. The lowest BCUT2D eigenvalue weighted by atomic mass is 9.86. The van der Waals surface area contributed by atoms with Crippen LogP contribution in [-0.4, -0.2) is 38.4 Å². The number of benzene rings is 1. The molecule has 27 heavy (non-hydrogen) atoms. The van der Waals surface area contributed by atoms with Crippen molar-refractivity contribution in [3.8, 4) is 0 Å². The first-order valence-electron chi connectivity index (χ1n) is 9.20. The van der Waals surface area contributed by atoms with Crippen LogP contribution in [0, 0.1) is 5.92 Å². The Morgan fingerprint density at radius 3 is 2.63 bits per heavy atom. The highest BCUT2D eigenvalue weighted by molar-refractivity contribution is 7.99. The molecule has 0 bridgehead atoms. The van der Waals surface area contributed by atoms with Crippen LogP contribution in [0.1, 0.15) is 43.0 Å².